The first-order valence-electron chi connectivity index (χ1n) is 9.35. The fraction of sp³-hybridized carbons (Fsp3) is 0.348. The van der Waals surface area contributed by atoms with E-state index in [4.69, 9.17) is 9.47 Å². The van der Waals surface area contributed by atoms with Crippen LogP contribution in [0.1, 0.15) is 45.0 Å². The zero-order valence-electron chi connectivity index (χ0n) is 15.9. The number of carbonyl (C=O) groups excluding carboxylic acids is 3. The molecule has 1 fully saturated rings. The lowest BCUT2D eigenvalue weighted by Gasteiger charge is -2.31. The van der Waals surface area contributed by atoms with Crippen LogP contribution in [-0.4, -0.2) is 37.9 Å². The number of hydrogen-bond acceptors (Lipinski definition) is 5. The van der Waals surface area contributed by atoms with Crippen molar-refractivity contribution in [1.29, 1.82) is 0 Å². The van der Waals surface area contributed by atoms with Gasteiger partial charge < -0.3 is 9.47 Å². The molecule has 0 radical (unpaired) electrons. The van der Waals surface area contributed by atoms with Gasteiger partial charge in [-0.25, -0.2) is 0 Å². The zero-order chi connectivity index (χ0) is 19.9. The van der Waals surface area contributed by atoms with Crippen LogP contribution >= 0.6 is 0 Å². The van der Waals surface area contributed by atoms with Crippen LogP contribution in [0.5, 0.6) is 0 Å². The molecule has 1 spiro atoms. The number of ketones is 3. The van der Waals surface area contributed by atoms with Crippen LogP contribution in [-0.2, 0) is 14.3 Å². The minimum absolute atomic E-state index is 0.0956. The summed E-state index contributed by atoms with van der Waals surface area (Å²) < 4.78 is 11.0. The maximum atomic E-state index is 13.7. The monoisotopic (exact) mass is 378 g/mol. The van der Waals surface area contributed by atoms with Crippen LogP contribution in [0.25, 0.3) is 0 Å². The minimum Gasteiger partial charge on any atom is -0.356 e. The Morgan fingerprint density at radius 1 is 0.893 bits per heavy atom. The van der Waals surface area contributed by atoms with Crippen molar-refractivity contribution in [3.8, 4) is 0 Å². The number of ether oxygens (including phenoxy) is 2. The third-order valence-electron chi connectivity index (χ3n) is 6.11. The van der Waals surface area contributed by atoms with E-state index in [9.17, 15) is 14.4 Å². The van der Waals surface area contributed by atoms with Gasteiger partial charge in [0.1, 0.15) is 5.41 Å². The van der Waals surface area contributed by atoms with Crippen molar-refractivity contribution in [3.63, 3.8) is 0 Å². The largest absolute Gasteiger partial charge is 0.356 e. The van der Waals surface area contributed by atoms with E-state index in [-0.39, 0.29) is 36.1 Å². The molecule has 0 unspecified atom stereocenters. The number of Topliss-reactive ketones (excluding diaryl/α,β-unsaturated/α-hetero) is 3. The molecule has 0 bridgehead atoms. The van der Waals surface area contributed by atoms with Crippen LogP contribution in [0, 0.1) is 11.3 Å². The Hall–Kier alpha value is -2.63. The van der Waals surface area contributed by atoms with Crippen LogP contribution in [0.3, 0.4) is 0 Å². The first-order chi connectivity index (χ1) is 13.5. The summed E-state index contributed by atoms with van der Waals surface area (Å²) in [6.45, 7) is 0. The molecular formula is C23H22O5. The van der Waals surface area contributed by atoms with Crippen molar-refractivity contribution in [3.05, 3.63) is 71.3 Å². The van der Waals surface area contributed by atoms with Crippen molar-refractivity contribution in [2.45, 2.75) is 25.0 Å². The zero-order valence-corrected chi connectivity index (χ0v) is 15.9. The number of rotatable bonds is 4. The Labute approximate surface area is 163 Å². The molecule has 2 aliphatic rings. The van der Waals surface area contributed by atoms with Gasteiger partial charge in [-0.3, -0.25) is 14.4 Å². The molecule has 0 aromatic heterocycles. The number of hydrogen-bond donors (Lipinski definition) is 0. The molecule has 0 aliphatic heterocycles. The summed E-state index contributed by atoms with van der Waals surface area (Å²) in [7, 11) is 3.05. The Morgan fingerprint density at radius 3 is 2.14 bits per heavy atom. The summed E-state index contributed by atoms with van der Waals surface area (Å²) in [5.74, 6) is -1.56. The van der Waals surface area contributed by atoms with Crippen LogP contribution in [0.4, 0.5) is 0 Å². The van der Waals surface area contributed by atoms with E-state index < -0.39 is 17.6 Å². The van der Waals surface area contributed by atoms with Gasteiger partial charge in [-0.15, -0.1) is 0 Å². The fourth-order valence-electron chi connectivity index (χ4n) is 4.87. The van der Waals surface area contributed by atoms with Gasteiger partial charge in [0.15, 0.2) is 23.6 Å². The molecule has 4 rings (SSSR count). The van der Waals surface area contributed by atoms with Gasteiger partial charge >= 0.3 is 0 Å². The van der Waals surface area contributed by atoms with E-state index in [2.05, 4.69) is 0 Å². The van der Waals surface area contributed by atoms with E-state index in [1.807, 2.05) is 30.3 Å². The minimum atomic E-state index is -1.36. The van der Waals surface area contributed by atoms with E-state index in [1.165, 1.54) is 14.2 Å². The Kier molecular flexibility index (Phi) is 4.73. The molecule has 2 aliphatic carbocycles. The second kappa shape index (κ2) is 7.08. The molecule has 5 heteroatoms. The lowest BCUT2D eigenvalue weighted by molar-refractivity contribution is -0.142. The molecule has 144 valence electrons. The molecule has 2 aromatic rings. The lowest BCUT2D eigenvalue weighted by Crippen LogP contribution is -2.43. The smallest absolute Gasteiger partial charge is 0.177 e. The lowest BCUT2D eigenvalue weighted by atomic mass is 9.67. The summed E-state index contributed by atoms with van der Waals surface area (Å²) in [6, 6.07) is 16.1. The van der Waals surface area contributed by atoms with E-state index in [1.54, 1.807) is 24.3 Å². The highest BCUT2D eigenvalue weighted by Gasteiger charge is 2.62. The second-order valence-corrected chi connectivity index (χ2v) is 7.52. The van der Waals surface area contributed by atoms with Gasteiger partial charge in [0, 0.05) is 37.7 Å². The average molecular weight is 378 g/mol. The summed E-state index contributed by atoms with van der Waals surface area (Å²) >= 11 is 0. The van der Waals surface area contributed by atoms with Crippen molar-refractivity contribution in [2.24, 2.45) is 11.3 Å². The highest BCUT2D eigenvalue weighted by atomic mass is 16.7. The van der Waals surface area contributed by atoms with Crippen molar-refractivity contribution in [1.82, 2.24) is 0 Å². The highest BCUT2D eigenvalue weighted by Crippen LogP contribution is 2.54. The number of fused-ring (bicyclic) bond motifs is 1. The van der Waals surface area contributed by atoms with Crippen LogP contribution < -0.4 is 0 Å². The Bertz CT molecular complexity index is 931. The maximum absolute atomic E-state index is 13.7. The highest BCUT2D eigenvalue weighted by molar-refractivity contribution is 6.26. The normalized spacial score (nSPS) is 26.9. The number of methoxy groups -OCH3 is 2. The summed E-state index contributed by atoms with van der Waals surface area (Å²) in [4.78, 5) is 40.0. The van der Waals surface area contributed by atoms with Gasteiger partial charge in [-0.2, -0.15) is 0 Å². The third-order valence-corrected chi connectivity index (χ3v) is 6.11. The summed E-state index contributed by atoms with van der Waals surface area (Å²) in [6.07, 6.45) is -0.508. The van der Waals surface area contributed by atoms with E-state index in [0.717, 1.165) is 5.56 Å². The molecule has 0 N–H and O–H groups in total. The summed E-state index contributed by atoms with van der Waals surface area (Å²) in [5.41, 5.74) is 0.200. The number of benzene rings is 2. The average Bonchev–Trinajstić information content (AvgIpc) is 3.01. The SMILES string of the molecule is COC(OC)[C@H]1C[C@@]2(CC(=O)c3ccccc3C2=O)C(=O)[C@@H]1c1ccccc1. The van der Waals surface area contributed by atoms with Crippen molar-refractivity contribution >= 4 is 17.3 Å². The van der Waals surface area contributed by atoms with Gasteiger partial charge in [-0.05, 0) is 12.0 Å². The Morgan fingerprint density at radius 2 is 1.50 bits per heavy atom. The quantitative estimate of drug-likeness (QED) is 0.602. The molecule has 3 atom stereocenters. The molecule has 0 amide bonds. The Balaban J connectivity index is 1.84. The summed E-state index contributed by atoms with van der Waals surface area (Å²) in [5, 5.41) is 0. The van der Waals surface area contributed by atoms with Gasteiger partial charge in [0.05, 0.1) is 5.92 Å². The van der Waals surface area contributed by atoms with Gasteiger partial charge in [0.25, 0.3) is 0 Å². The van der Waals surface area contributed by atoms with Crippen LogP contribution in [0.15, 0.2) is 54.6 Å². The first kappa shape index (κ1) is 18.7. The second-order valence-electron chi connectivity index (χ2n) is 7.52. The third kappa shape index (κ3) is 2.65. The van der Waals surface area contributed by atoms with Crippen molar-refractivity contribution < 1.29 is 23.9 Å². The standard InChI is InChI=1S/C23H22O5/c1-27-22(28-2)17-12-23(21(26)19(17)14-8-4-3-5-9-14)13-18(24)15-10-6-7-11-16(15)20(23)25/h3-11,17,19,22H,12-13H2,1-2H3/t17-,19+,23-/m0/s1. The molecular weight excluding hydrogens is 356 g/mol. The van der Waals surface area contributed by atoms with E-state index in [0.29, 0.717) is 11.1 Å². The van der Waals surface area contributed by atoms with Crippen LogP contribution in [0.2, 0.25) is 0 Å². The molecule has 2 aromatic carbocycles. The van der Waals surface area contributed by atoms with Crippen molar-refractivity contribution in [2.75, 3.05) is 14.2 Å². The van der Waals surface area contributed by atoms with E-state index >= 15 is 0 Å². The molecule has 28 heavy (non-hydrogen) atoms. The molecule has 0 heterocycles. The topological polar surface area (TPSA) is 69.7 Å². The predicted molar refractivity (Wildman–Crippen MR) is 102 cm³/mol. The first-order valence-corrected chi connectivity index (χ1v) is 9.35. The van der Waals surface area contributed by atoms with Gasteiger partial charge in [-0.1, -0.05) is 54.6 Å². The molecule has 5 nitrogen and oxygen atoms in total. The number of carbonyl (C=O) groups is 3. The molecule has 0 saturated heterocycles. The predicted octanol–water partition coefficient (Wildman–Crippen LogP) is 3.43. The fourth-order valence-corrected chi connectivity index (χ4v) is 4.87. The molecule has 1 saturated carbocycles. The van der Waals surface area contributed by atoms with Gasteiger partial charge in [0.2, 0.25) is 0 Å². The maximum Gasteiger partial charge on any atom is 0.177 e.